The van der Waals surface area contributed by atoms with Gasteiger partial charge in [-0.05, 0) is 57.0 Å². The van der Waals surface area contributed by atoms with E-state index in [1.165, 1.54) is 25.0 Å². The van der Waals surface area contributed by atoms with Gasteiger partial charge in [0, 0.05) is 23.8 Å². The molecule has 0 saturated carbocycles. The fourth-order valence-corrected chi connectivity index (χ4v) is 3.52. The molecule has 2 fully saturated rings. The molecule has 2 atom stereocenters. The van der Waals surface area contributed by atoms with Gasteiger partial charge in [-0.3, -0.25) is 0 Å². The summed E-state index contributed by atoms with van der Waals surface area (Å²) in [7, 11) is 2.18. The summed E-state index contributed by atoms with van der Waals surface area (Å²) in [6, 6.07) is 6.98. The zero-order chi connectivity index (χ0) is 14.3. The van der Waals surface area contributed by atoms with E-state index in [0.717, 1.165) is 30.7 Å². The van der Waals surface area contributed by atoms with Gasteiger partial charge in [-0.25, -0.2) is 0 Å². The van der Waals surface area contributed by atoms with Gasteiger partial charge in [0.05, 0.1) is 5.56 Å². The van der Waals surface area contributed by atoms with E-state index >= 15 is 0 Å². The van der Waals surface area contributed by atoms with E-state index in [9.17, 15) is 13.2 Å². The highest BCUT2D eigenvalue weighted by molar-refractivity contribution is 5.46. The van der Waals surface area contributed by atoms with Crippen molar-refractivity contribution in [3.63, 3.8) is 0 Å². The van der Waals surface area contributed by atoms with Gasteiger partial charge in [-0.1, -0.05) is 0 Å². The highest BCUT2D eigenvalue weighted by Gasteiger charge is 2.38. The minimum absolute atomic E-state index is 0.375. The summed E-state index contributed by atoms with van der Waals surface area (Å²) in [5, 5.41) is 3.39. The Morgan fingerprint density at radius 3 is 2.10 bits per heavy atom. The van der Waals surface area contributed by atoms with Crippen molar-refractivity contribution in [3.05, 3.63) is 29.8 Å². The van der Waals surface area contributed by atoms with Gasteiger partial charge in [-0.15, -0.1) is 0 Å². The molecule has 1 aromatic rings. The number of nitrogens with zero attached hydrogens (tertiary/aromatic N) is 1. The average Bonchev–Trinajstić information content (AvgIpc) is 2.62. The van der Waals surface area contributed by atoms with Gasteiger partial charge in [0.1, 0.15) is 0 Å². The molecule has 3 rings (SSSR count). The lowest BCUT2D eigenvalue weighted by molar-refractivity contribution is -0.137. The number of alkyl halides is 3. The van der Waals surface area contributed by atoms with Crippen LogP contribution in [-0.2, 0) is 6.18 Å². The Labute approximate surface area is 117 Å². The van der Waals surface area contributed by atoms with Gasteiger partial charge < -0.3 is 10.2 Å². The molecule has 2 nitrogen and oxygen atoms in total. The molecule has 2 saturated heterocycles. The summed E-state index contributed by atoms with van der Waals surface area (Å²) in [6.07, 6.45) is 0.381. The zero-order valence-corrected chi connectivity index (χ0v) is 11.5. The molecule has 0 amide bonds. The van der Waals surface area contributed by atoms with E-state index in [4.69, 9.17) is 0 Å². The molecule has 20 heavy (non-hydrogen) atoms. The molecular formula is C15H19F3N2. The van der Waals surface area contributed by atoms with Crippen molar-refractivity contribution >= 4 is 5.69 Å². The van der Waals surface area contributed by atoms with Crippen molar-refractivity contribution in [2.75, 3.05) is 12.4 Å². The van der Waals surface area contributed by atoms with Crippen LogP contribution in [0.2, 0.25) is 0 Å². The summed E-state index contributed by atoms with van der Waals surface area (Å²) >= 11 is 0. The van der Waals surface area contributed by atoms with Gasteiger partial charge in [-0.2, -0.15) is 13.2 Å². The van der Waals surface area contributed by atoms with E-state index in [0.29, 0.717) is 18.1 Å². The van der Waals surface area contributed by atoms with Crippen LogP contribution < -0.4 is 5.32 Å². The molecule has 2 bridgehead atoms. The van der Waals surface area contributed by atoms with Crippen LogP contribution in [0, 0.1) is 0 Å². The maximum atomic E-state index is 12.5. The Hall–Kier alpha value is -1.23. The van der Waals surface area contributed by atoms with Crippen LogP contribution >= 0.6 is 0 Å². The first-order chi connectivity index (χ1) is 9.43. The Balaban J connectivity index is 1.64. The van der Waals surface area contributed by atoms with Crippen LogP contribution in [0.5, 0.6) is 0 Å². The Morgan fingerprint density at radius 1 is 1.05 bits per heavy atom. The summed E-state index contributed by atoms with van der Waals surface area (Å²) in [5.74, 6) is 0. The molecule has 0 radical (unpaired) electrons. The quantitative estimate of drug-likeness (QED) is 0.890. The topological polar surface area (TPSA) is 15.3 Å². The number of hydrogen-bond acceptors (Lipinski definition) is 2. The molecule has 0 aliphatic carbocycles. The molecule has 110 valence electrons. The number of fused-ring (bicyclic) bond motifs is 2. The van der Waals surface area contributed by atoms with E-state index in [2.05, 4.69) is 17.3 Å². The van der Waals surface area contributed by atoms with Gasteiger partial charge in [0.2, 0.25) is 0 Å². The molecule has 2 aliphatic heterocycles. The van der Waals surface area contributed by atoms with Gasteiger partial charge in [0.15, 0.2) is 0 Å². The number of halogens is 3. The van der Waals surface area contributed by atoms with Crippen LogP contribution in [0.1, 0.15) is 31.2 Å². The largest absolute Gasteiger partial charge is 0.416 e. The molecule has 0 spiro atoms. The fourth-order valence-electron chi connectivity index (χ4n) is 3.52. The third-order valence-corrected chi connectivity index (χ3v) is 4.68. The second kappa shape index (κ2) is 4.95. The van der Waals surface area contributed by atoms with Crippen molar-refractivity contribution in [2.24, 2.45) is 0 Å². The lowest BCUT2D eigenvalue weighted by atomic mass is 9.97. The molecule has 2 heterocycles. The van der Waals surface area contributed by atoms with Crippen molar-refractivity contribution in [1.82, 2.24) is 4.90 Å². The third kappa shape index (κ3) is 2.64. The highest BCUT2D eigenvalue weighted by Crippen LogP contribution is 2.36. The predicted octanol–water partition coefficient (Wildman–Crippen LogP) is 3.74. The SMILES string of the molecule is CN1C2CCC1CC(Nc1ccc(C(F)(F)F)cc1)C2. The van der Waals surface area contributed by atoms with E-state index in [-0.39, 0.29) is 0 Å². The highest BCUT2D eigenvalue weighted by atomic mass is 19.4. The number of nitrogens with one attached hydrogen (secondary N) is 1. The third-order valence-electron chi connectivity index (χ3n) is 4.68. The number of benzene rings is 1. The van der Waals surface area contributed by atoms with Crippen molar-refractivity contribution in [2.45, 2.75) is 50.0 Å². The molecule has 2 unspecified atom stereocenters. The van der Waals surface area contributed by atoms with Gasteiger partial charge >= 0.3 is 6.18 Å². The molecule has 0 aromatic heterocycles. The normalized spacial score (nSPS) is 30.5. The molecular weight excluding hydrogens is 265 g/mol. The number of piperidine rings is 1. The molecule has 5 heteroatoms. The molecule has 2 aliphatic rings. The first-order valence-electron chi connectivity index (χ1n) is 7.09. The Bertz CT molecular complexity index is 455. The zero-order valence-electron chi connectivity index (χ0n) is 11.5. The summed E-state index contributed by atoms with van der Waals surface area (Å²) in [6.45, 7) is 0. The fraction of sp³-hybridized carbons (Fsp3) is 0.600. The van der Waals surface area contributed by atoms with E-state index < -0.39 is 11.7 Å². The van der Waals surface area contributed by atoms with Gasteiger partial charge in [0.25, 0.3) is 0 Å². The second-order valence-corrected chi connectivity index (χ2v) is 5.94. The van der Waals surface area contributed by atoms with E-state index in [1.54, 1.807) is 0 Å². The minimum Gasteiger partial charge on any atom is -0.382 e. The summed E-state index contributed by atoms with van der Waals surface area (Å²) in [4.78, 5) is 2.45. The van der Waals surface area contributed by atoms with Crippen LogP contribution in [-0.4, -0.2) is 30.1 Å². The second-order valence-electron chi connectivity index (χ2n) is 5.94. The average molecular weight is 284 g/mol. The standard InChI is InChI=1S/C15H19F3N2/c1-20-13-6-7-14(20)9-12(8-13)19-11-4-2-10(3-5-11)15(16,17)18/h2-5,12-14,19H,6-9H2,1H3. The lowest BCUT2D eigenvalue weighted by Crippen LogP contribution is -2.44. The van der Waals surface area contributed by atoms with Crippen LogP contribution in [0.4, 0.5) is 18.9 Å². The lowest BCUT2D eigenvalue weighted by Gasteiger charge is -2.37. The van der Waals surface area contributed by atoms with Crippen molar-refractivity contribution in [3.8, 4) is 0 Å². The maximum absolute atomic E-state index is 12.5. The van der Waals surface area contributed by atoms with Crippen LogP contribution in [0.3, 0.4) is 0 Å². The van der Waals surface area contributed by atoms with E-state index in [1.807, 2.05) is 0 Å². The van der Waals surface area contributed by atoms with Crippen molar-refractivity contribution in [1.29, 1.82) is 0 Å². The maximum Gasteiger partial charge on any atom is 0.416 e. The molecule has 1 N–H and O–H groups in total. The van der Waals surface area contributed by atoms with Crippen LogP contribution in [0.25, 0.3) is 0 Å². The first-order valence-corrected chi connectivity index (χ1v) is 7.09. The Kier molecular flexibility index (Phi) is 3.40. The van der Waals surface area contributed by atoms with Crippen molar-refractivity contribution < 1.29 is 13.2 Å². The van der Waals surface area contributed by atoms with Crippen LogP contribution in [0.15, 0.2) is 24.3 Å². The summed E-state index contributed by atoms with van der Waals surface area (Å²) in [5.41, 5.74) is 0.193. The number of anilines is 1. The monoisotopic (exact) mass is 284 g/mol. The minimum atomic E-state index is -4.26. The number of rotatable bonds is 2. The molecule has 1 aromatic carbocycles. The first kappa shape index (κ1) is 13.7. The Morgan fingerprint density at radius 2 is 1.60 bits per heavy atom. The number of hydrogen-bond donors (Lipinski definition) is 1. The smallest absolute Gasteiger partial charge is 0.382 e. The predicted molar refractivity (Wildman–Crippen MR) is 72.7 cm³/mol. The summed E-state index contributed by atoms with van der Waals surface area (Å²) < 4.78 is 37.5.